The zero-order valence-corrected chi connectivity index (χ0v) is 10.00. The number of likely N-dealkylation sites (N-methyl/N-ethyl adjacent to an activating group) is 1. The minimum absolute atomic E-state index is 0.410. The van der Waals surface area contributed by atoms with Gasteiger partial charge in [-0.15, -0.1) is 0 Å². The molecule has 0 aliphatic heterocycles. The van der Waals surface area contributed by atoms with Crippen LogP contribution in [0, 0.1) is 0 Å². The Labute approximate surface area is 99.2 Å². The number of hydrogen-bond acceptors (Lipinski definition) is 6. The number of fused-ring (bicyclic) bond motifs is 1. The molecule has 2 rings (SSSR count). The number of nitrogen functional groups attached to an aromatic ring is 1. The molecule has 0 bridgehead atoms. The monoisotopic (exact) mass is 236 g/mol. The highest BCUT2D eigenvalue weighted by Crippen LogP contribution is 2.13. The highest BCUT2D eigenvalue weighted by molar-refractivity contribution is 5.80. The molecule has 2 N–H and O–H groups in total. The van der Waals surface area contributed by atoms with Crippen LogP contribution in [0.15, 0.2) is 12.7 Å². The zero-order chi connectivity index (χ0) is 12.3. The SMILES string of the molecule is CCN(CCn1cnc2c(N)ncnc21)OC. The number of hydroxylamine groups is 2. The molecule has 0 aliphatic rings. The van der Waals surface area contributed by atoms with Gasteiger partial charge in [-0.25, -0.2) is 15.0 Å². The minimum Gasteiger partial charge on any atom is -0.382 e. The van der Waals surface area contributed by atoms with E-state index in [0.29, 0.717) is 11.3 Å². The van der Waals surface area contributed by atoms with E-state index in [9.17, 15) is 0 Å². The van der Waals surface area contributed by atoms with Crippen molar-refractivity contribution < 1.29 is 4.84 Å². The Hall–Kier alpha value is -1.73. The quantitative estimate of drug-likeness (QED) is 0.751. The predicted octanol–water partition coefficient (Wildman–Crippen LogP) is 0.292. The molecule has 0 radical (unpaired) electrons. The molecule has 0 saturated heterocycles. The van der Waals surface area contributed by atoms with Crippen molar-refractivity contribution in [3.63, 3.8) is 0 Å². The molecular formula is C10H16N6O. The number of nitrogens with two attached hydrogens (primary N) is 1. The van der Waals surface area contributed by atoms with Crippen molar-refractivity contribution in [2.75, 3.05) is 25.9 Å². The van der Waals surface area contributed by atoms with Crippen molar-refractivity contribution in [2.24, 2.45) is 0 Å². The normalized spacial score (nSPS) is 11.5. The van der Waals surface area contributed by atoms with E-state index in [4.69, 9.17) is 10.6 Å². The van der Waals surface area contributed by atoms with Crippen molar-refractivity contribution in [3.05, 3.63) is 12.7 Å². The number of imidazole rings is 1. The van der Waals surface area contributed by atoms with E-state index in [-0.39, 0.29) is 0 Å². The van der Waals surface area contributed by atoms with E-state index in [2.05, 4.69) is 15.0 Å². The zero-order valence-electron chi connectivity index (χ0n) is 10.00. The fourth-order valence-electron chi connectivity index (χ4n) is 1.66. The molecule has 0 fully saturated rings. The molecule has 2 heterocycles. The molecule has 2 aromatic heterocycles. The maximum atomic E-state index is 5.72. The largest absolute Gasteiger partial charge is 0.382 e. The lowest BCUT2D eigenvalue weighted by Gasteiger charge is -2.17. The summed E-state index contributed by atoms with van der Waals surface area (Å²) in [5.74, 6) is 0.410. The van der Waals surface area contributed by atoms with Crippen molar-refractivity contribution in [3.8, 4) is 0 Å². The van der Waals surface area contributed by atoms with Crippen LogP contribution < -0.4 is 5.73 Å². The smallest absolute Gasteiger partial charge is 0.165 e. The molecule has 7 nitrogen and oxygen atoms in total. The second-order valence-corrected chi connectivity index (χ2v) is 3.57. The lowest BCUT2D eigenvalue weighted by atomic mass is 10.5. The van der Waals surface area contributed by atoms with Crippen LogP contribution in [0.4, 0.5) is 5.82 Å². The first-order chi connectivity index (χ1) is 8.26. The topological polar surface area (TPSA) is 82.1 Å². The molecule has 2 aromatic rings. The number of aromatic nitrogens is 4. The first-order valence-corrected chi connectivity index (χ1v) is 5.46. The van der Waals surface area contributed by atoms with Crippen LogP contribution in [0.25, 0.3) is 11.2 Å². The third-order valence-electron chi connectivity index (χ3n) is 2.63. The molecule has 0 amide bonds. The van der Waals surface area contributed by atoms with Gasteiger partial charge in [0.05, 0.1) is 13.4 Å². The summed E-state index contributed by atoms with van der Waals surface area (Å²) in [5, 5.41) is 1.86. The Bertz CT molecular complexity index is 493. The predicted molar refractivity (Wildman–Crippen MR) is 64.0 cm³/mol. The molecule has 0 spiro atoms. The van der Waals surface area contributed by atoms with E-state index in [1.165, 1.54) is 6.33 Å². The molecule has 0 saturated carbocycles. The van der Waals surface area contributed by atoms with Gasteiger partial charge in [-0.3, -0.25) is 0 Å². The van der Waals surface area contributed by atoms with Gasteiger partial charge >= 0.3 is 0 Å². The average Bonchev–Trinajstić information content (AvgIpc) is 2.75. The van der Waals surface area contributed by atoms with Crippen molar-refractivity contribution in [1.82, 2.24) is 24.6 Å². The third kappa shape index (κ3) is 2.34. The Morgan fingerprint density at radius 3 is 2.94 bits per heavy atom. The summed E-state index contributed by atoms with van der Waals surface area (Å²) >= 11 is 0. The molecular weight excluding hydrogens is 220 g/mol. The summed E-state index contributed by atoms with van der Waals surface area (Å²) in [6.07, 6.45) is 3.17. The molecule has 0 unspecified atom stereocenters. The van der Waals surface area contributed by atoms with Gasteiger partial charge in [0, 0.05) is 19.6 Å². The van der Waals surface area contributed by atoms with E-state index < -0.39 is 0 Å². The summed E-state index contributed by atoms with van der Waals surface area (Å²) in [6.45, 7) is 4.38. The van der Waals surface area contributed by atoms with Gasteiger partial charge in [0.1, 0.15) is 11.8 Å². The molecule has 0 atom stereocenters. The van der Waals surface area contributed by atoms with Crippen LogP contribution in [-0.4, -0.2) is 44.8 Å². The van der Waals surface area contributed by atoms with Gasteiger partial charge in [0.25, 0.3) is 0 Å². The van der Waals surface area contributed by atoms with Crippen LogP contribution in [0.3, 0.4) is 0 Å². The lowest BCUT2D eigenvalue weighted by molar-refractivity contribution is -0.128. The summed E-state index contributed by atoms with van der Waals surface area (Å²) in [5.41, 5.74) is 7.12. The summed E-state index contributed by atoms with van der Waals surface area (Å²) in [4.78, 5) is 17.5. The maximum Gasteiger partial charge on any atom is 0.165 e. The highest BCUT2D eigenvalue weighted by atomic mass is 16.7. The van der Waals surface area contributed by atoms with Gasteiger partial charge in [-0.2, -0.15) is 5.06 Å². The van der Waals surface area contributed by atoms with Crippen LogP contribution in [0.5, 0.6) is 0 Å². The first-order valence-electron chi connectivity index (χ1n) is 5.46. The summed E-state index contributed by atoms with van der Waals surface area (Å²) < 4.78 is 1.94. The Morgan fingerprint density at radius 2 is 2.24 bits per heavy atom. The van der Waals surface area contributed by atoms with Crippen LogP contribution in [0.2, 0.25) is 0 Å². The minimum atomic E-state index is 0.410. The fourth-order valence-corrected chi connectivity index (χ4v) is 1.66. The number of rotatable bonds is 5. The molecule has 7 heteroatoms. The van der Waals surface area contributed by atoms with Gasteiger partial charge in [-0.1, -0.05) is 6.92 Å². The molecule has 0 aromatic carbocycles. The molecule has 17 heavy (non-hydrogen) atoms. The van der Waals surface area contributed by atoms with Gasteiger partial charge < -0.3 is 15.1 Å². The highest BCUT2D eigenvalue weighted by Gasteiger charge is 2.08. The second kappa shape index (κ2) is 5.07. The second-order valence-electron chi connectivity index (χ2n) is 3.57. The summed E-state index contributed by atoms with van der Waals surface area (Å²) in [7, 11) is 1.66. The lowest BCUT2D eigenvalue weighted by Crippen LogP contribution is -2.26. The Kier molecular flexibility index (Phi) is 3.50. The van der Waals surface area contributed by atoms with E-state index in [1.807, 2.05) is 16.6 Å². The maximum absolute atomic E-state index is 5.72. The van der Waals surface area contributed by atoms with E-state index in [0.717, 1.165) is 25.3 Å². The Morgan fingerprint density at radius 1 is 1.41 bits per heavy atom. The van der Waals surface area contributed by atoms with Crippen molar-refractivity contribution in [1.29, 1.82) is 0 Å². The van der Waals surface area contributed by atoms with Gasteiger partial charge in [0.15, 0.2) is 11.5 Å². The third-order valence-corrected chi connectivity index (χ3v) is 2.63. The van der Waals surface area contributed by atoms with E-state index in [1.54, 1.807) is 13.4 Å². The van der Waals surface area contributed by atoms with Crippen LogP contribution >= 0.6 is 0 Å². The number of anilines is 1. The van der Waals surface area contributed by atoms with E-state index >= 15 is 0 Å². The standard InChI is InChI=1S/C10H16N6O/c1-3-16(17-2)5-4-15-7-14-8-9(11)12-6-13-10(8)15/h6-7H,3-5H2,1-2H3,(H2,11,12,13). The van der Waals surface area contributed by atoms with Gasteiger partial charge in [-0.05, 0) is 0 Å². The van der Waals surface area contributed by atoms with Crippen LogP contribution in [0.1, 0.15) is 6.92 Å². The Balaban J connectivity index is 2.17. The summed E-state index contributed by atoms with van der Waals surface area (Å²) in [6, 6.07) is 0. The van der Waals surface area contributed by atoms with Crippen LogP contribution in [-0.2, 0) is 11.4 Å². The van der Waals surface area contributed by atoms with Crippen molar-refractivity contribution >= 4 is 17.0 Å². The average molecular weight is 236 g/mol. The molecule has 0 aliphatic carbocycles. The first kappa shape index (κ1) is 11.7. The van der Waals surface area contributed by atoms with Crippen molar-refractivity contribution in [2.45, 2.75) is 13.5 Å². The fraction of sp³-hybridized carbons (Fsp3) is 0.500. The molecule has 92 valence electrons. The number of nitrogens with zero attached hydrogens (tertiary/aromatic N) is 5. The number of hydrogen-bond donors (Lipinski definition) is 1. The van der Waals surface area contributed by atoms with Gasteiger partial charge in [0.2, 0.25) is 0 Å².